The van der Waals surface area contributed by atoms with E-state index in [2.05, 4.69) is 0 Å². The van der Waals surface area contributed by atoms with Crippen LogP contribution in [0.2, 0.25) is 5.02 Å². The molecule has 0 bridgehead atoms. The highest BCUT2D eigenvalue weighted by atomic mass is 35.5. The van der Waals surface area contributed by atoms with Crippen LogP contribution in [-0.2, 0) is 9.59 Å². The fourth-order valence-corrected chi connectivity index (χ4v) is 2.85. The molecule has 2 aliphatic heterocycles. The molecule has 3 rings (SSSR count). The molecule has 2 fully saturated rings. The molecule has 0 aromatic heterocycles. The van der Waals surface area contributed by atoms with Crippen molar-refractivity contribution in [1.82, 2.24) is 4.90 Å². The molecule has 2 amide bonds. The lowest BCUT2D eigenvalue weighted by atomic mass is 10.1. The van der Waals surface area contributed by atoms with Crippen molar-refractivity contribution in [3.8, 4) is 0 Å². The van der Waals surface area contributed by atoms with E-state index in [-0.39, 0.29) is 24.4 Å². The largest absolute Gasteiger partial charge is 0.329 e. The highest BCUT2D eigenvalue weighted by Gasteiger charge is 2.42. The zero-order valence-electron chi connectivity index (χ0n) is 9.80. The maximum absolute atomic E-state index is 12.4. The fraction of sp³-hybridized carbons (Fsp3) is 0.385. The first-order valence-corrected chi connectivity index (χ1v) is 6.41. The summed E-state index contributed by atoms with van der Waals surface area (Å²) < 4.78 is 0. The van der Waals surface area contributed by atoms with E-state index in [9.17, 15) is 9.59 Å². The summed E-state index contributed by atoms with van der Waals surface area (Å²) in [5.41, 5.74) is 0.701. The van der Waals surface area contributed by atoms with Gasteiger partial charge in [0.15, 0.2) is 0 Å². The molecule has 0 aliphatic carbocycles. The van der Waals surface area contributed by atoms with Crippen LogP contribution < -0.4 is 4.90 Å². The van der Waals surface area contributed by atoms with Crippen LogP contribution in [0.3, 0.4) is 0 Å². The first-order chi connectivity index (χ1) is 8.66. The van der Waals surface area contributed by atoms with Crippen LogP contribution in [-0.4, -0.2) is 35.8 Å². The number of nitrogens with zero attached hydrogens (tertiary/aromatic N) is 2. The van der Waals surface area contributed by atoms with Gasteiger partial charge in [0.05, 0.1) is 0 Å². The minimum atomic E-state index is -0.273. The highest BCUT2D eigenvalue weighted by Crippen LogP contribution is 2.28. The summed E-state index contributed by atoms with van der Waals surface area (Å²) in [6.45, 7) is 0.828. The van der Waals surface area contributed by atoms with E-state index in [4.69, 9.17) is 11.6 Å². The Bertz CT molecular complexity index is 517. The number of hydrogen-bond acceptors (Lipinski definition) is 2. The first kappa shape index (κ1) is 11.5. The SMILES string of the molecule is O=C1C2CCCN2C(=O)CN1c1cccc(Cl)c1. The molecule has 2 saturated heterocycles. The van der Waals surface area contributed by atoms with Gasteiger partial charge in [-0.3, -0.25) is 9.59 Å². The fourth-order valence-electron chi connectivity index (χ4n) is 2.67. The molecular formula is C13H13ClN2O2. The lowest BCUT2D eigenvalue weighted by Gasteiger charge is -2.36. The van der Waals surface area contributed by atoms with Crippen LogP contribution in [0.5, 0.6) is 0 Å². The summed E-state index contributed by atoms with van der Waals surface area (Å²) in [5, 5.41) is 0.571. The molecule has 0 spiro atoms. The number of rotatable bonds is 1. The Morgan fingerprint density at radius 2 is 2.11 bits per heavy atom. The minimum Gasteiger partial charge on any atom is -0.329 e. The van der Waals surface area contributed by atoms with Crippen LogP contribution in [0, 0.1) is 0 Å². The number of amides is 2. The Morgan fingerprint density at radius 3 is 2.89 bits per heavy atom. The normalized spacial score (nSPS) is 23.5. The third-order valence-electron chi connectivity index (χ3n) is 3.54. The Morgan fingerprint density at radius 1 is 1.28 bits per heavy atom. The first-order valence-electron chi connectivity index (χ1n) is 6.03. The average molecular weight is 265 g/mol. The van der Waals surface area contributed by atoms with Gasteiger partial charge in [0, 0.05) is 17.3 Å². The van der Waals surface area contributed by atoms with Crippen molar-refractivity contribution in [1.29, 1.82) is 0 Å². The molecule has 94 valence electrons. The Balaban J connectivity index is 1.93. The van der Waals surface area contributed by atoms with Gasteiger partial charge in [0.25, 0.3) is 0 Å². The third kappa shape index (κ3) is 1.77. The van der Waals surface area contributed by atoms with Crippen molar-refractivity contribution in [3.63, 3.8) is 0 Å². The van der Waals surface area contributed by atoms with Crippen LogP contribution in [0.15, 0.2) is 24.3 Å². The number of fused-ring (bicyclic) bond motifs is 1. The summed E-state index contributed by atoms with van der Waals surface area (Å²) >= 11 is 5.93. The van der Waals surface area contributed by atoms with Crippen LogP contribution in [0.25, 0.3) is 0 Å². The lowest BCUT2D eigenvalue weighted by molar-refractivity contribution is -0.140. The van der Waals surface area contributed by atoms with E-state index in [0.717, 1.165) is 12.8 Å². The van der Waals surface area contributed by atoms with Crippen molar-refractivity contribution in [2.24, 2.45) is 0 Å². The van der Waals surface area contributed by atoms with Gasteiger partial charge in [-0.15, -0.1) is 0 Å². The minimum absolute atomic E-state index is 0.00867. The Labute approximate surface area is 110 Å². The van der Waals surface area contributed by atoms with Gasteiger partial charge < -0.3 is 9.80 Å². The second kappa shape index (κ2) is 4.28. The van der Waals surface area contributed by atoms with Gasteiger partial charge in [-0.25, -0.2) is 0 Å². The van der Waals surface area contributed by atoms with Gasteiger partial charge in [-0.1, -0.05) is 17.7 Å². The van der Waals surface area contributed by atoms with Gasteiger partial charge in [-0.2, -0.15) is 0 Å². The molecule has 1 aromatic rings. The number of carbonyl (C=O) groups is 2. The predicted molar refractivity (Wildman–Crippen MR) is 68.5 cm³/mol. The van der Waals surface area contributed by atoms with Crippen LogP contribution in [0.1, 0.15) is 12.8 Å². The smallest absolute Gasteiger partial charge is 0.250 e. The van der Waals surface area contributed by atoms with E-state index in [1.807, 2.05) is 6.07 Å². The summed E-state index contributed by atoms with van der Waals surface area (Å²) in [4.78, 5) is 27.6. The summed E-state index contributed by atoms with van der Waals surface area (Å²) in [6.07, 6.45) is 1.67. The van der Waals surface area contributed by atoms with Crippen molar-refractivity contribution < 1.29 is 9.59 Å². The number of carbonyl (C=O) groups excluding carboxylic acids is 2. The van der Waals surface area contributed by atoms with E-state index >= 15 is 0 Å². The molecule has 2 heterocycles. The molecule has 1 aromatic carbocycles. The maximum Gasteiger partial charge on any atom is 0.250 e. The second-order valence-electron chi connectivity index (χ2n) is 4.65. The standard InChI is InChI=1S/C13H13ClN2O2/c14-9-3-1-4-10(7-9)16-8-12(17)15-6-2-5-11(15)13(16)18/h1,3-4,7,11H,2,5-6,8H2. The average Bonchev–Trinajstić information content (AvgIpc) is 2.83. The van der Waals surface area contributed by atoms with Crippen LogP contribution >= 0.6 is 11.6 Å². The lowest BCUT2D eigenvalue weighted by Crippen LogP contribution is -2.57. The van der Waals surface area contributed by atoms with Gasteiger partial charge >= 0.3 is 0 Å². The maximum atomic E-state index is 12.4. The summed E-state index contributed by atoms with van der Waals surface area (Å²) in [5.74, 6) is 0.0337. The van der Waals surface area contributed by atoms with Crippen molar-refractivity contribution in [2.45, 2.75) is 18.9 Å². The number of hydrogen-bond donors (Lipinski definition) is 0. The van der Waals surface area contributed by atoms with E-state index < -0.39 is 0 Å². The predicted octanol–water partition coefficient (Wildman–Crippen LogP) is 1.68. The molecule has 2 aliphatic rings. The van der Waals surface area contributed by atoms with Crippen molar-refractivity contribution in [2.75, 3.05) is 18.0 Å². The topological polar surface area (TPSA) is 40.6 Å². The number of anilines is 1. The molecule has 0 saturated carbocycles. The zero-order chi connectivity index (χ0) is 12.7. The van der Waals surface area contributed by atoms with Crippen molar-refractivity contribution in [3.05, 3.63) is 29.3 Å². The molecule has 18 heavy (non-hydrogen) atoms. The van der Waals surface area contributed by atoms with Gasteiger partial charge in [-0.05, 0) is 31.0 Å². The van der Waals surface area contributed by atoms with Gasteiger partial charge in [0.1, 0.15) is 12.6 Å². The molecular weight excluding hydrogens is 252 g/mol. The molecule has 4 nitrogen and oxygen atoms in total. The molecule has 1 atom stereocenters. The molecule has 0 N–H and O–H groups in total. The molecule has 5 heteroatoms. The van der Waals surface area contributed by atoms with E-state index in [0.29, 0.717) is 17.3 Å². The molecule has 1 unspecified atom stereocenters. The Kier molecular flexibility index (Phi) is 2.74. The van der Waals surface area contributed by atoms with Crippen LogP contribution in [0.4, 0.5) is 5.69 Å². The summed E-state index contributed by atoms with van der Waals surface area (Å²) in [6, 6.07) is 6.80. The van der Waals surface area contributed by atoms with Crippen molar-refractivity contribution >= 4 is 29.1 Å². The number of piperazine rings is 1. The third-order valence-corrected chi connectivity index (χ3v) is 3.77. The van der Waals surface area contributed by atoms with Gasteiger partial charge in [0.2, 0.25) is 11.8 Å². The second-order valence-corrected chi connectivity index (χ2v) is 5.09. The quantitative estimate of drug-likeness (QED) is 0.774. The Hall–Kier alpha value is -1.55. The van der Waals surface area contributed by atoms with E-state index in [1.54, 1.807) is 28.0 Å². The monoisotopic (exact) mass is 264 g/mol. The summed E-state index contributed by atoms with van der Waals surface area (Å²) in [7, 11) is 0. The number of benzene rings is 1. The molecule has 0 radical (unpaired) electrons. The highest BCUT2D eigenvalue weighted by molar-refractivity contribution is 6.31. The van der Waals surface area contributed by atoms with E-state index in [1.165, 1.54) is 0 Å². The number of halogens is 1. The zero-order valence-corrected chi connectivity index (χ0v) is 10.6.